The maximum atomic E-state index is 13.2. The quantitative estimate of drug-likeness (QED) is 0.114. The molecule has 6 aromatic carbocycles. The van der Waals surface area contributed by atoms with Gasteiger partial charge in [-0.2, -0.15) is 0 Å². The number of aliphatic hydroxyl groups excluding tert-OH is 1. The van der Waals surface area contributed by atoms with Gasteiger partial charge in [-0.15, -0.1) is 0 Å². The van der Waals surface area contributed by atoms with E-state index < -0.39 is 11.7 Å². The van der Waals surface area contributed by atoms with Crippen molar-refractivity contribution in [3.05, 3.63) is 171 Å². The average Bonchev–Trinajstić information content (AvgIpc) is 3.73. The van der Waals surface area contributed by atoms with Gasteiger partial charge in [-0.25, -0.2) is 9.98 Å². The molecule has 0 saturated heterocycles. The highest BCUT2D eigenvalue weighted by Crippen LogP contribution is 2.42. The largest absolute Gasteiger partial charge is 0.497 e. The number of benzene rings is 6. The fourth-order valence-corrected chi connectivity index (χ4v) is 7.37. The molecule has 1 aromatic heterocycles. The van der Waals surface area contributed by atoms with E-state index in [1.165, 1.54) is 4.57 Å². The Morgan fingerprint density at radius 3 is 1.85 bits per heavy atom. The van der Waals surface area contributed by atoms with Gasteiger partial charge < -0.3 is 29.3 Å². The van der Waals surface area contributed by atoms with Crippen LogP contribution in [0.1, 0.15) is 42.5 Å². The van der Waals surface area contributed by atoms with Crippen LogP contribution in [0.15, 0.2) is 148 Å². The molecule has 10 heteroatoms. The van der Waals surface area contributed by atoms with Crippen LogP contribution in [0.2, 0.25) is 0 Å². The fraction of sp³-hybridized carbons (Fsp3) is 0.245. The van der Waals surface area contributed by atoms with Crippen LogP contribution in [0.5, 0.6) is 17.4 Å². The number of pyridine rings is 1. The molecule has 7 aromatic rings. The molecule has 1 aliphatic heterocycles. The predicted octanol–water partition coefficient (Wildman–Crippen LogP) is 8.02. The predicted molar refractivity (Wildman–Crippen MR) is 234 cm³/mol. The smallest absolute Gasteiger partial charge is 0.261 e. The molecule has 302 valence electrons. The monoisotopic (exact) mass is 790 g/mol. The van der Waals surface area contributed by atoms with Crippen LogP contribution in [0.4, 0.5) is 5.69 Å². The van der Waals surface area contributed by atoms with Crippen LogP contribution in [0.3, 0.4) is 0 Å². The van der Waals surface area contributed by atoms with E-state index in [0.717, 1.165) is 49.9 Å². The number of aliphatic hydroxyl groups is 1. The summed E-state index contributed by atoms with van der Waals surface area (Å²) in [5, 5.41) is 24.8. The Balaban J connectivity index is 0.000000179. The summed E-state index contributed by atoms with van der Waals surface area (Å²) in [6.45, 7) is 4.57. The van der Waals surface area contributed by atoms with Crippen molar-refractivity contribution >= 4 is 33.1 Å². The minimum absolute atomic E-state index is 0.0245. The lowest BCUT2D eigenvalue weighted by Gasteiger charge is -2.36. The molecule has 8 rings (SSSR count). The van der Waals surface area contributed by atoms with Gasteiger partial charge in [-0.3, -0.25) is 9.36 Å². The highest BCUT2D eigenvalue weighted by atomic mass is 16.5. The van der Waals surface area contributed by atoms with Crippen molar-refractivity contribution < 1.29 is 24.4 Å². The third-order valence-electron chi connectivity index (χ3n) is 11.0. The number of aliphatic imine (C=N–C) groups is 1. The van der Waals surface area contributed by atoms with E-state index in [9.17, 15) is 15.0 Å². The lowest BCUT2D eigenvalue weighted by Crippen LogP contribution is -2.35. The maximum Gasteiger partial charge on any atom is 0.261 e. The topological polar surface area (TPSA) is 118 Å². The van der Waals surface area contributed by atoms with E-state index in [2.05, 4.69) is 0 Å². The highest BCUT2D eigenvalue weighted by Gasteiger charge is 2.38. The first kappa shape index (κ1) is 40.9. The van der Waals surface area contributed by atoms with Crippen LogP contribution in [-0.4, -0.2) is 72.6 Å². The van der Waals surface area contributed by atoms with Gasteiger partial charge in [0.05, 0.1) is 38.0 Å². The number of rotatable bonds is 13. The van der Waals surface area contributed by atoms with Gasteiger partial charge in [0.15, 0.2) is 5.84 Å². The van der Waals surface area contributed by atoms with Crippen molar-refractivity contribution in [1.29, 1.82) is 0 Å². The van der Waals surface area contributed by atoms with E-state index in [4.69, 9.17) is 24.2 Å². The maximum absolute atomic E-state index is 13.2. The van der Waals surface area contributed by atoms with E-state index in [1.54, 1.807) is 14.2 Å². The minimum Gasteiger partial charge on any atom is -0.497 e. The van der Waals surface area contributed by atoms with Crippen LogP contribution in [0.25, 0.3) is 21.5 Å². The number of methoxy groups -OCH3 is 2. The second kappa shape index (κ2) is 17.7. The van der Waals surface area contributed by atoms with Crippen molar-refractivity contribution in [2.75, 3.05) is 34.9 Å². The molecule has 2 atom stereocenters. The van der Waals surface area contributed by atoms with E-state index >= 15 is 0 Å². The lowest BCUT2D eigenvalue weighted by atomic mass is 9.80. The van der Waals surface area contributed by atoms with Gasteiger partial charge >= 0.3 is 0 Å². The Hall–Kier alpha value is -6.33. The standard InChI is InChI=1S/C25H28O4.C24H22N4O2/c1-4-22(26)18-29-25(19-8-6-5-7-9-19,20-10-14-23(27-2)15-11-20)21-12-16-24(28-3)17-13-21;1-14(27(2)3)13-28-23(29)17-11-7-10-16-20(17)18(24(28)30)12-19-21(16)26-22(25-19)15-8-5-4-6-9-15/h5-17,22,26H,4,18H2,1-3H3;4-12,14,30H,13H2,1-3H3/t;14-/m.0/s1. The van der Waals surface area contributed by atoms with Crippen molar-refractivity contribution in [3.63, 3.8) is 0 Å². The first-order chi connectivity index (χ1) is 28.6. The molecule has 10 nitrogen and oxygen atoms in total. The molecule has 0 fully saturated rings. The SMILES string of the molecule is CCC(O)COC(c1ccccc1)(c1ccc(OC)cc1)c1ccc(OC)cc1.C[C@@H](Cn1c(O)c2cc3c(c4cccc(c1=O)c24)=NC(c1ccccc1)=N3)N(C)C. The van der Waals surface area contributed by atoms with E-state index in [-0.39, 0.29) is 24.1 Å². The van der Waals surface area contributed by atoms with Crippen molar-refractivity contribution in [2.45, 2.75) is 44.6 Å². The van der Waals surface area contributed by atoms with Crippen LogP contribution in [0, 0.1) is 0 Å². The Morgan fingerprint density at radius 1 is 0.729 bits per heavy atom. The molecule has 0 saturated carbocycles. The van der Waals surface area contributed by atoms with Gasteiger partial charge in [0.25, 0.3) is 5.56 Å². The number of amidine groups is 1. The Bertz CT molecular complexity index is 2630. The van der Waals surface area contributed by atoms with Gasteiger partial charge in [0.2, 0.25) is 5.88 Å². The number of hydrogen-bond donors (Lipinski definition) is 2. The molecule has 1 aliphatic rings. The average molecular weight is 791 g/mol. The minimum atomic E-state index is -0.879. The van der Waals surface area contributed by atoms with Crippen molar-refractivity contribution in [2.24, 2.45) is 9.98 Å². The molecule has 0 aliphatic carbocycles. The summed E-state index contributed by atoms with van der Waals surface area (Å²) in [7, 11) is 7.21. The summed E-state index contributed by atoms with van der Waals surface area (Å²) in [4.78, 5) is 24.7. The number of fused-ring (bicyclic) bond motifs is 2. The third-order valence-corrected chi connectivity index (χ3v) is 11.0. The Labute approximate surface area is 344 Å². The Kier molecular flexibility index (Phi) is 12.2. The first-order valence-corrected chi connectivity index (χ1v) is 19.8. The van der Waals surface area contributed by atoms with E-state index in [1.807, 2.05) is 166 Å². The van der Waals surface area contributed by atoms with Gasteiger partial charge in [0, 0.05) is 39.7 Å². The lowest BCUT2D eigenvalue weighted by molar-refractivity contribution is -0.0387. The number of aromatic nitrogens is 1. The molecular weight excluding hydrogens is 741 g/mol. The number of aromatic hydroxyl groups is 1. The summed E-state index contributed by atoms with van der Waals surface area (Å²) >= 11 is 0. The second-order valence-electron chi connectivity index (χ2n) is 14.9. The first-order valence-electron chi connectivity index (χ1n) is 19.8. The van der Waals surface area contributed by atoms with Gasteiger partial charge in [0.1, 0.15) is 17.1 Å². The zero-order valence-corrected chi connectivity index (χ0v) is 34.3. The molecule has 0 amide bonds. The number of ether oxygens (including phenoxy) is 3. The summed E-state index contributed by atoms with van der Waals surface area (Å²) in [5.41, 5.74) is 3.46. The normalized spacial score (nSPS) is 13.3. The van der Waals surface area contributed by atoms with Crippen LogP contribution in [-0.2, 0) is 16.9 Å². The molecule has 0 bridgehead atoms. The van der Waals surface area contributed by atoms with Gasteiger partial charge in [-0.1, -0.05) is 104 Å². The molecule has 59 heavy (non-hydrogen) atoms. The van der Waals surface area contributed by atoms with Crippen LogP contribution < -0.4 is 20.4 Å². The number of hydrogen-bond acceptors (Lipinski definition) is 9. The van der Waals surface area contributed by atoms with Crippen LogP contribution >= 0.6 is 0 Å². The fourth-order valence-electron chi connectivity index (χ4n) is 7.37. The molecule has 0 radical (unpaired) electrons. The number of nitrogens with zero attached hydrogens (tertiary/aromatic N) is 4. The number of likely N-dealkylation sites (N-methyl/N-ethyl adjacent to an activating group) is 1. The summed E-state index contributed by atoms with van der Waals surface area (Å²) in [6, 6.07) is 43.2. The van der Waals surface area contributed by atoms with Crippen molar-refractivity contribution in [1.82, 2.24) is 9.47 Å². The van der Waals surface area contributed by atoms with E-state index in [0.29, 0.717) is 35.3 Å². The Morgan fingerprint density at radius 2 is 1.29 bits per heavy atom. The third kappa shape index (κ3) is 8.07. The zero-order valence-electron chi connectivity index (χ0n) is 34.3. The summed E-state index contributed by atoms with van der Waals surface area (Å²) in [6.07, 6.45) is 0.0744. The molecule has 1 unspecified atom stereocenters. The molecule has 0 spiro atoms. The second-order valence-corrected chi connectivity index (χ2v) is 14.9. The summed E-state index contributed by atoms with van der Waals surface area (Å²) < 4.78 is 18.7. The highest BCUT2D eigenvalue weighted by molar-refractivity contribution is 6.14. The molecule has 2 heterocycles. The van der Waals surface area contributed by atoms with Gasteiger partial charge in [-0.05, 0) is 80.5 Å². The molecular formula is C49H50N4O6. The zero-order chi connectivity index (χ0) is 41.7. The molecule has 2 N–H and O–H groups in total. The van der Waals surface area contributed by atoms with Crippen molar-refractivity contribution in [3.8, 4) is 17.4 Å². The summed E-state index contributed by atoms with van der Waals surface area (Å²) in [5.74, 6) is 2.17.